The van der Waals surface area contributed by atoms with Crippen molar-refractivity contribution in [2.75, 3.05) is 6.61 Å². The first-order chi connectivity index (χ1) is 18.7. The molecule has 0 aliphatic rings. The Balaban J connectivity index is 1.75. The van der Waals surface area contributed by atoms with Crippen LogP contribution in [0.5, 0.6) is 5.75 Å². The van der Waals surface area contributed by atoms with E-state index >= 15 is 0 Å². The molecule has 0 fully saturated rings. The standard InChI is InChI=1S/C34H44O4/c1-3-5-7-9-11-13-20-28-22-17-24-30(32(28)34(36)37-26-16-12-10-8-6-4-2)33(35)38-31-25-18-21-27-19-14-15-23-29(27)31/h14-15,17-19,21-25H,3-13,16,20,26H2,1-2H3. The molecule has 0 bridgehead atoms. The van der Waals surface area contributed by atoms with Crippen LogP contribution in [0.2, 0.25) is 0 Å². The highest BCUT2D eigenvalue weighted by Gasteiger charge is 2.24. The highest BCUT2D eigenvalue weighted by molar-refractivity contribution is 6.05. The van der Waals surface area contributed by atoms with Gasteiger partial charge in [0.05, 0.1) is 17.7 Å². The van der Waals surface area contributed by atoms with E-state index in [1.165, 1.54) is 44.9 Å². The molecule has 3 aromatic carbocycles. The van der Waals surface area contributed by atoms with Crippen LogP contribution in [-0.4, -0.2) is 18.5 Å². The molecule has 3 rings (SSSR count). The fraction of sp³-hybridized carbons (Fsp3) is 0.471. The molecule has 0 saturated heterocycles. The summed E-state index contributed by atoms with van der Waals surface area (Å²) < 4.78 is 11.6. The molecule has 0 saturated carbocycles. The Morgan fingerprint density at radius 3 is 2.03 bits per heavy atom. The fourth-order valence-corrected chi connectivity index (χ4v) is 4.87. The van der Waals surface area contributed by atoms with E-state index < -0.39 is 11.9 Å². The van der Waals surface area contributed by atoms with Gasteiger partial charge in [0, 0.05) is 5.39 Å². The average Bonchev–Trinajstić information content (AvgIpc) is 2.94. The van der Waals surface area contributed by atoms with Gasteiger partial charge in [-0.15, -0.1) is 0 Å². The number of fused-ring (bicyclic) bond motifs is 1. The van der Waals surface area contributed by atoms with Gasteiger partial charge in [-0.25, -0.2) is 9.59 Å². The van der Waals surface area contributed by atoms with Gasteiger partial charge in [0.25, 0.3) is 0 Å². The van der Waals surface area contributed by atoms with Gasteiger partial charge in [0.2, 0.25) is 0 Å². The Morgan fingerprint density at radius 2 is 1.26 bits per heavy atom. The number of hydrogen-bond donors (Lipinski definition) is 0. The summed E-state index contributed by atoms with van der Waals surface area (Å²) in [5, 5.41) is 1.85. The number of carbonyl (C=O) groups is 2. The minimum Gasteiger partial charge on any atom is -0.462 e. The van der Waals surface area contributed by atoms with Crippen molar-refractivity contribution >= 4 is 22.7 Å². The van der Waals surface area contributed by atoms with Crippen molar-refractivity contribution in [3.05, 3.63) is 77.4 Å². The summed E-state index contributed by atoms with van der Waals surface area (Å²) >= 11 is 0. The normalized spacial score (nSPS) is 11.0. The molecular weight excluding hydrogens is 472 g/mol. The zero-order chi connectivity index (χ0) is 27.0. The molecule has 204 valence electrons. The van der Waals surface area contributed by atoms with Gasteiger partial charge in [0.15, 0.2) is 0 Å². The minimum absolute atomic E-state index is 0.273. The highest BCUT2D eigenvalue weighted by atomic mass is 16.5. The van der Waals surface area contributed by atoms with Crippen molar-refractivity contribution in [2.45, 2.75) is 97.3 Å². The lowest BCUT2D eigenvalue weighted by atomic mass is 9.96. The maximum absolute atomic E-state index is 13.4. The molecule has 0 radical (unpaired) electrons. The van der Waals surface area contributed by atoms with E-state index in [1.54, 1.807) is 12.1 Å². The number of ether oxygens (including phenoxy) is 2. The maximum Gasteiger partial charge on any atom is 0.344 e. The van der Waals surface area contributed by atoms with Crippen molar-refractivity contribution in [2.24, 2.45) is 0 Å². The molecule has 3 aromatic rings. The minimum atomic E-state index is -0.530. The zero-order valence-electron chi connectivity index (χ0n) is 23.3. The zero-order valence-corrected chi connectivity index (χ0v) is 23.3. The van der Waals surface area contributed by atoms with Crippen molar-refractivity contribution in [1.29, 1.82) is 0 Å². The first-order valence-corrected chi connectivity index (χ1v) is 14.6. The van der Waals surface area contributed by atoms with Crippen LogP contribution < -0.4 is 4.74 Å². The number of rotatable bonds is 17. The van der Waals surface area contributed by atoms with Gasteiger partial charge in [-0.1, -0.05) is 127 Å². The number of unbranched alkanes of at least 4 members (excludes halogenated alkanes) is 10. The van der Waals surface area contributed by atoms with Gasteiger partial charge in [-0.2, -0.15) is 0 Å². The van der Waals surface area contributed by atoms with Crippen LogP contribution in [0.15, 0.2) is 60.7 Å². The Hall–Kier alpha value is -3.14. The molecule has 0 heterocycles. The summed E-state index contributed by atoms with van der Waals surface area (Å²) in [4.78, 5) is 26.8. The first kappa shape index (κ1) is 29.4. The molecule has 0 N–H and O–H groups in total. The van der Waals surface area contributed by atoms with Gasteiger partial charge >= 0.3 is 11.9 Å². The number of esters is 2. The number of aryl methyl sites for hydroxylation is 1. The lowest BCUT2D eigenvalue weighted by Gasteiger charge is -2.15. The Labute approximate surface area is 228 Å². The second-order valence-corrected chi connectivity index (χ2v) is 10.1. The topological polar surface area (TPSA) is 52.6 Å². The van der Waals surface area contributed by atoms with E-state index in [4.69, 9.17) is 9.47 Å². The van der Waals surface area contributed by atoms with Crippen LogP contribution >= 0.6 is 0 Å². The smallest absolute Gasteiger partial charge is 0.344 e. The Kier molecular flexibility index (Phi) is 12.9. The van der Waals surface area contributed by atoms with E-state index in [0.29, 0.717) is 17.9 Å². The summed E-state index contributed by atoms with van der Waals surface area (Å²) in [6, 6.07) is 18.9. The maximum atomic E-state index is 13.4. The van der Waals surface area contributed by atoms with E-state index in [9.17, 15) is 9.59 Å². The van der Waals surface area contributed by atoms with E-state index in [1.807, 2.05) is 48.5 Å². The van der Waals surface area contributed by atoms with E-state index in [2.05, 4.69) is 13.8 Å². The molecule has 38 heavy (non-hydrogen) atoms. The van der Waals surface area contributed by atoms with Crippen LogP contribution in [0.4, 0.5) is 0 Å². The summed E-state index contributed by atoms with van der Waals surface area (Å²) in [7, 11) is 0. The van der Waals surface area contributed by atoms with Gasteiger partial charge < -0.3 is 9.47 Å². The highest BCUT2D eigenvalue weighted by Crippen LogP contribution is 2.27. The van der Waals surface area contributed by atoms with Crippen molar-refractivity contribution in [3.8, 4) is 5.75 Å². The summed E-state index contributed by atoms with van der Waals surface area (Å²) in [6.45, 7) is 4.79. The van der Waals surface area contributed by atoms with Crippen molar-refractivity contribution < 1.29 is 19.1 Å². The molecule has 0 aromatic heterocycles. The quantitative estimate of drug-likeness (QED) is 0.102. The molecule has 0 atom stereocenters. The summed E-state index contributed by atoms with van der Waals surface area (Å²) in [5.74, 6) is -0.469. The lowest BCUT2D eigenvalue weighted by molar-refractivity contribution is 0.0488. The van der Waals surface area contributed by atoms with E-state index in [0.717, 1.165) is 54.9 Å². The molecule has 0 aliphatic heterocycles. The van der Waals surface area contributed by atoms with Gasteiger partial charge in [-0.05, 0) is 42.3 Å². The average molecular weight is 517 g/mol. The predicted octanol–water partition coefficient (Wildman–Crippen LogP) is 9.48. The van der Waals surface area contributed by atoms with Gasteiger partial charge in [-0.3, -0.25) is 0 Å². The Morgan fingerprint density at radius 1 is 0.632 bits per heavy atom. The van der Waals surface area contributed by atoms with Crippen LogP contribution in [0, 0.1) is 0 Å². The largest absolute Gasteiger partial charge is 0.462 e. The SMILES string of the molecule is CCCCCCCCOC(=O)c1c(CCCCCCCC)cccc1C(=O)Oc1cccc2ccccc12. The van der Waals surface area contributed by atoms with Crippen molar-refractivity contribution in [1.82, 2.24) is 0 Å². The third kappa shape index (κ3) is 9.01. The molecule has 0 unspecified atom stereocenters. The van der Waals surface area contributed by atoms with Gasteiger partial charge in [0.1, 0.15) is 5.75 Å². The molecule has 0 aliphatic carbocycles. The van der Waals surface area contributed by atoms with Crippen LogP contribution in [-0.2, 0) is 11.2 Å². The summed E-state index contributed by atoms with van der Waals surface area (Å²) in [5.41, 5.74) is 1.49. The number of hydrogen-bond acceptors (Lipinski definition) is 4. The third-order valence-corrected chi connectivity index (χ3v) is 7.06. The number of benzene rings is 3. The third-order valence-electron chi connectivity index (χ3n) is 7.06. The molecule has 0 amide bonds. The predicted molar refractivity (Wildman–Crippen MR) is 156 cm³/mol. The second-order valence-electron chi connectivity index (χ2n) is 10.1. The van der Waals surface area contributed by atoms with Crippen LogP contribution in [0.25, 0.3) is 10.8 Å². The molecule has 0 spiro atoms. The lowest BCUT2D eigenvalue weighted by Crippen LogP contribution is -2.18. The monoisotopic (exact) mass is 516 g/mol. The fourth-order valence-electron chi connectivity index (χ4n) is 4.87. The number of carbonyl (C=O) groups excluding carboxylic acids is 2. The Bertz CT molecular complexity index is 1140. The van der Waals surface area contributed by atoms with Crippen LogP contribution in [0.1, 0.15) is 117 Å². The molecular formula is C34H44O4. The second kappa shape index (κ2) is 16.7. The van der Waals surface area contributed by atoms with Crippen molar-refractivity contribution in [3.63, 3.8) is 0 Å². The molecule has 4 nitrogen and oxygen atoms in total. The van der Waals surface area contributed by atoms with Crippen LogP contribution in [0.3, 0.4) is 0 Å². The summed E-state index contributed by atoms with van der Waals surface area (Å²) in [6.07, 6.45) is 14.4. The molecule has 4 heteroatoms. The van der Waals surface area contributed by atoms with E-state index in [-0.39, 0.29) is 5.56 Å². The first-order valence-electron chi connectivity index (χ1n) is 14.6.